The van der Waals surface area contributed by atoms with Gasteiger partial charge in [-0.05, 0) is 30.9 Å². The number of ether oxygens (including phenoxy) is 1. The summed E-state index contributed by atoms with van der Waals surface area (Å²) >= 11 is 0. The van der Waals surface area contributed by atoms with Crippen LogP contribution in [0.4, 0.5) is 8.78 Å². The Morgan fingerprint density at radius 2 is 1.95 bits per heavy atom. The quantitative estimate of drug-likeness (QED) is 0.777. The van der Waals surface area contributed by atoms with Crippen LogP contribution in [-0.2, 0) is 4.74 Å². The first-order valence-electron chi connectivity index (χ1n) is 6.66. The van der Waals surface area contributed by atoms with E-state index in [2.05, 4.69) is 0 Å². The molecule has 1 aromatic carbocycles. The molecule has 2 nitrogen and oxygen atoms in total. The average Bonchev–Trinajstić information content (AvgIpc) is 2.44. The van der Waals surface area contributed by atoms with Crippen LogP contribution in [0.5, 0.6) is 0 Å². The van der Waals surface area contributed by atoms with Crippen molar-refractivity contribution in [3.8, 4) is 0 Å². The van der Waals surface area contributed by atoms with Crippen LogP contribution in [-0.4, -0.2) is 19.0 Å². The maximum absolute atomic E-state index is 13.7. The minimum atomic E-state index is -1.08. The van der Waals surface area contributed by atoms with Gasteiger partial charge in [-0.25, -0.2) is 8.78 Å². The molecule has 1 saturated carbocycles. The summed E-state index contributed by atoms with van der Waals surface area (Å²) in [6, 6.07) is 3.67. The Balaban J connectivity index is 2.22. The smallest absolute Gasteiger partial charge is 0.194 e. The van der Waals surface area contributed by atoms with Gasteiger partial charge >= 0.3 is 0 Å². The van der Waals surface area contributed by atoms with E-state index in [4.69, 9.17) is 4.74 Å². The van der Waals surface area contributed by atoms with Crippen LogP contribution in [0.15, 0.2) is 18.2 Å². The molecule has 0 saturated heterocycles. The summed E-state index contributed by atoms with van der Waals surface area (Å²) in [5.74, 6) is -2.42. The highest BCUT2D eigenvalue weighted by Crippen LogP contribution is 2.30. The maximum Gasteiger partial charge on any atom is 0.194 e. The number of carbonyl (C=O) groups is 1. The van der Waals surface area contributed by atoms with Crippen molar-refractivity contribution >= 4 is 5.78 Å². The van der Waals surface area contributed by atoms with Crippen LogP contribution in [0.25, 0.3) is 0 Å². The molecule has 0 aliphatic heterocycles. The van der Waals surface area contributed by atoms with Gasteiger partial charge in [-0.3, -0.25) is 4.79 Å². The van der Waals surface area contributed by atoms with Crippen molar-refractivity contribution in [2.24, 2.45) is 5.92 Å². The highest BCUT2D eigenvalue weighted by Gasteiger charge is 2.31. The SMILES string of the molecule is COC(C(=O)c1cccc(F)c1F)C1CCCCC1. The Bertz CT molecular complexity index is 453. The van der Waals surface area contributed by atoms with Gasteiger partial charge in [0.1, 0.15) is 6.10 Å². The molecule has 1 aliphatic rings. The van der Waals surface area contributed by atoms with Crippen molar-refractivity contribution in [2.45, 2.75) is 38.2 Å². The molecule has 1 fully saturated rings. The fourth-order valence-corrected chi connectivity index (χ4v) is 2.80. The number of halogens is 2. The first-order chi connectivity index (χ1) is 9.15. The fourth-order valence-electron chi connectivity index (χ4n) is 2.80. The first kappa shape index (κ1) is 14.1. The molecule has 0 N–H and O–H groups in total. The Kier molecular flexibility index (Phi) is 4.64. The van der Waals surface area contributed by atoms with Crippen molar-refractivity contribution in [1.82, 2.24) is 0 Å². The molecule has 0 heterocycles. The van der Waals surface area contributed by atoms with E-state index < -0.39 is 23.5 Å². The van der Waals surface area contributed by atoms with Gasteiger partial charge in [-0.2, -0.15) is 0 Å². The largest absolute Gasteiger partial charge is 0.373 e. The van der Waals surface area contributed by atoms with Crippen molar-refractivity contribution in [3.05, 3.63) is 35.4 Å². The standard InChI is InChI=1S/C15H18F2O2/c1-19-15(10-6-3-2-4-7-10)14(18)11-8-5-9-12(16)13(11)17/h5,8-10,15H,2-4,6-7H2,1H3. The molecular weight excluding hydrogens is 250 g/mol. The van der Waals surface area contributed by atoms with Crippen molar-refractivity contribution in [3.63, 3.8) is 0 Å². The van der Waals surface area contributed by atoms with Crippen molar-refractivity contribution in [2.75, 3.05) is 7.11 Å². The van der Waals surface area contributed by atoms with Crippen LogP contribution in [0, 0.1) is 17.6 Å². The van der Waals surface area contributed by atoms with Crippen LogP contribution in [0.3, 0.4) is 0 Å². The third-order valence-corrected chi connectivity index (χ3v) is 3.81. The predicted octanol–water partition coefficient (Wildman–Crippen LogP) is 3.74. The predicted molar refractivity (Wildman–Crippen MR) is 68.1 cm³/mol. The highest BCUT2D eigenvalue weighted by molar-refractivity contribution is 5.99. The molecule has 1 aromatic rings. The second-order valence-corrected chi connectivity index (χ2v) is 5.02. The molecular formula is C15H18F2O2. The summed E-state index contributed by atoms with van der Waals surface area (Å²) in [5, 5.41) is 0. The van der Waals surface area contributed by atoms with E-state index in [-0.39, 0.29) is 11.5 Å². The van der Waals surface area contributed by atoms with Crippen molar-refractivity contribution in [1.29, 1.82) is 0 Å². The third kappa shape index (κ3) is 3.00. The van der Waals surface area contributed by atoms with Gasteiger partial charge in [0.2, 0.25) is 0 Å². The summed E-state index contributed by atoms with van der Waals surface area (Å²) in [6.45, 7) is 0. The molecule has 104 valence electrons. The third-order valence-electron chi connectivity index (χ3n) is 3.81. The van der Waals surface area contributed by atoms with Gasteiger partial charge in [-0.1, -0.05) is 25.3 Å². The lowest BCUT2D eigenvalue weighted by Gasteiger charge is -2.28. The summed E-state index contributed by atoms with van der Waals surface area (Å²) in [7, 11) is 1.45. The Hall–Kier alpha value is -1.29. The molecule has 1 aliphatic carbocycles. The van der Waals surface area contributed by atoms with Gasteiger partial charge in [0.05, 0.1) is 5.56 Å². The minimum absolute atomic E-state index is 0.105. The molecule has 2 rings (SSSR count). The lowest BCUT2D eigenvalue weighted by Crippen LogP contribution is -2.33. The zero-order valence-corrected chi connectivity index (χ0v) is 11.0. The Morgan fingerprint density at radius 3 is 2.58 bits per heavy atom. The normalized spacial score (nSPS) is 18.3. The van der Waals surface area contributed by atoms with E-state index in [1.165, 1.54) is 19.2 Å². The van der Waals surface area contributed by atoms with E-state index in [0.717, 1.165) is 38.2 Å². The number of ketones is 1. The summed E-state index contributed by atoms with van der Waals surface area (Å²) in [5.41, 5.74) is -0.211. The zero-order chi connectivity index (χ0) is 13.8. The summed E-state index contributed by atoms with van der Waals surface area (Å²) in [6.07, 6.45) is 4.42. The number of hydrogen-bond acceptors (Lipinski definition) is 2. The monoisotopic (exact) mass is 268 g/mol. The molecule has 0 amide bonds. The number of benzene rings is 1. The van der Waals surface area contributed by atoms with E-state index in [0.29, 0.717) is 0 Å². The second kappa shape index (κ2) is 6.24. The van der Waals surface area contributed by atoms with Crippen LogP contribution >= 0.6 is 0 Å². The average molecular weight is 268 g/mol. The molecule has 0 spiro atoms. The molecule has 0 radical (unpaired) electrons. The lowest BCUT2D eigenvalue weighted by molar-refractivity contribution is 0.0310. The number of methoxy groups -OCH3 is 1. The lowest BCUT2D eigenvalue weighted by atomic mass is 9.82. The van der Waals surface area contributed by atoms with Gasteiger partial charge in [-0.15, -0.1) is 0 Å². The van der Waals surface area contributed by atoms with E-state index in [1.54, 1.807) is 0 Å². The van der Waals surface area contributed by atoms with Crippen LogP contribution < -0.4 is 0 Å². The number of Topliss-reactive ketones (excluding diaryl/α,β-unsaturated/α-hetero) is 1. The topological polar surface area (TPSA) is 26.3 Å². The Morgan fingerprint density at radius 1 is 1.26 bits per heavy atom. The highest BCUT2D eigenvalue weighted by atomic mass is 19.2. The van der Waals surface area contributed by atoms with Gasteiger partial charge in [0.15, 0.2) is 17.4 Å². The van der Waals surface area contributed by atoms with Gasteiger partial charge in [0.25, 0.3) is 0 Å². The fraction of sp³-hybridized carbons (Fsp3) is 0.533. The number of rotatable bonds is 4. The van der Waals surface area contributed by atoms with E-state index >= 15 is 0 Å². The minimum Gasteiger partial charge on any atom is -0.373 e. The number of hydrogen-bond donors (Lipinski definition) is 0. The molecule has 4 heteroatoms. The van der Waals surface area contributed by atoms with Crippen LogP contribution in [0.2, 0.25) is 0 Å². The Labute approximate surface area is 111 Å². The first-order valence-corrected chi connectivity index (χ1v) is 6.66. The van der Waals surface area contributed by atoms with Gasteiger partial charge in [0, 0.05) is 7.11 Å². The molecule has 1 unspecified atom stereocenters. The maximum atomic E-state index is 13.7. The number of carbonyl (C=O) groups excluding carboxylic acids is 1. The zero-order valence-electron chi connectivity index (χ0n) is 11.0. The van der Waals surface area contributed by atoms with Crippen molar-refractivity contribution < 1.29 is 18.3 Å². The summed E-state index contributed by atoms with van der Waals surface area (Å²) < 4.78 is 32.1. The van der Waals surface area contributed by atoms with Crippen LogP contribution in [0.1, 0.15) is 42.5 Å². The van der Waals surface area contributed by atoms with E-state index in [9.17, 15) is 13.6 Å². The molecule has 0 bridgehead atoms. The molecule has 0 aromatic heterocycles. The van der Waals surface area contributed by atoms with E-state index in [1.807, 2.05) is 0 Å². The molecule has 19 heavy (non-hydrogen) atoms. The summed E-state index contributed by atoms with van der Waals surface area (Å²) in [4.78, 5) is 12.3. The van der Waals surface area contributed by atoms with Gasteiger partial charge < -0.3 is 4.74 Å². The molecule has 1 atom stereocenters. The second-order valence-electron chi connectivity index (χ2n) is 5.02.